The van der Waals surface area contributed by atoms with Crippen molar-refractivity contribution >= 4 is 22.8 Å². The number of anilines is 1. The van der Waals surface area contributed by atoms with E-state index in [1.165, 1.54) is 22.9 Å². The van der Waals surface area contributed by atoms with E-state index >= 15 is 0 Å². The third-order valence-electron chi connectivity index (χ3n) is 4.88. The van der Waals surface area contributed by atoms with Gasteiger partial charge in [-0.2, -0.15) is 18.3 Å². The van der Waals surface area contributed by atoms with Crippen LogP contribution in [0.25, 0.3) is 22.4 Å². The third kappa shape index (κ3) is 3.79. The largest absolute Gasteiger partial charge is 0.416 e. The van der Waals surface area contributed by atoms with Crippen molar-refractivity contribution < 1.29 is 18.0 Å². The molecular formula is C21H16F3N5O2. The topological polar surface area (TPSA) is 92.7 Å². The minimum Gasteiger partial charge on any atom is -0.322 e. The Morgan fingerprint density at radius 2 is 1.94 bits per heavy atom. The molecule has 0 unspecified atom stereocenters. The minimum atomic E-state index is -4.55. The number of carbonyl (C=O) groups excluding carboxylic acids is 1. The van der Waals surface area contributed by atoms with Gasteiger partial charge >= 0.3 is 6.18 Å². The summed E-state index contributed by atoms with van der Waals surface area (Å²) in [6, 6.07) is 9.01. The van der Waals surface area contributed by atoms with Crippen LogP contribution in [-0.4, -0.2) is 25.7 Å². The zero-order chi connectivity index (χ0) is 22.3. The first-order valence-electron chi connectivity index (χ1n) is 9.15. The zero-order valence-corrected chi connectivity index (χ0v) is 16.4. The molecule has 4 aromatic rings. The van der Waals surface area contributed by atoms with Crippen LogP contribution in [0.3, 0.4) is 0 Å². The van der Waals surface area contributed by atoms with E-state index in [0.717, 1.165) is 17.7 Å². The van der Waals surface area contributed by atoms with Crippen molar-refractivity contribution in [3.8, 4) is 11.3 Å². The molecule has 0 spiro atoms. The summed E-state index contributed by atoms with van der Waals surface area (Å²) < 4.78 is 40.2. The fourth-order valence-corrected chi connectivity index (χ4v) is 3.20. The van der Waals surface area contributed by atoms with Gasteiger partial charge in [-0.3, -0.25) is 19.3 Å². The van der Waals surface area contributed by atoms with Gasteiger partial charge in [0, 0.05) is 23.9 Å². The standard InChI is InChI=1S/C21H16F3N5O2/c1-11-6-7-14(26-19(30)12-4-3-5-13(8-12)21(22,23)24)9-15(11)17-20(31)29(2)18-16(27-17)10-25-28-18/h3-10H,1-2H3,(H,25,28)(H,26,30). The van der Waals surface area contributed by atoms with Crippen LogP contribution in [0.2, 0.25) is 0 Å². The van der Waals surface area contributed by atoms with Crippen molar-refractivity contribution in [2.45, 2.75) is 13.1 Å². The fourth-order valence-electron chi connectivity index (χ4n) is 3.20. The summed E-state index contributed by atoms with van der Waals surface area (Å²) in [7, 11) is 1.59. The second-order valence-corrected chi connectivity index (χ2v) is 6.99. The van der Waals surface area contributed by atoms with Gasteiger partial charge in [-0.1, -0.05) is 12.1 Å². The van der Waals surface area contributed by atoms with E-state index in [1.54, 1.807) is 32.2 Å². The number of aryl methyl sites for hydroxylation is 2. The molecule has 0 saturated heterocycles. The number of H-pyrrole nitrogens is 1. The number of nitrogens with one attached hydrogen (secondary N) is 2. The first kappa shape index (κ1) is 20.3. The number of hydrogen-bond acceptors (Lipinski definition) is 4. The van der Waals surface area contributed by atoms with Crippen LogP contribution >= 0.6 is 0 Å². The summed E-state index contributed by atoms with van der Waals surface area (Å²) in [4.78, 5) is 29.7. The smallest absolute Gasteiger partial charge is 0.322 e. The maximum absolute atomic E-state index is 12.9. The van der Waals surface area contributed by atoms with Crippen LogP contribution in [0.15, 0.2) is 53.5 Å². The summed E-state index contributed by atoms with van der Waals surface area (Å²) in [5.74, 6) is -0.702. The molecule has 0 saturated carbocycles. The summed E-state index contributed by atoms with van der Waals surface area (Å²) in [5, 5.41) is 9.18. The van der Waals surface area contributed by atoms with Gasteiger partial charge < -0.3 is 5.32 Å². The van der Waals surface area contributed by atoms with Crippen LogP contribution in [-0.2, 0) is 13.2 Å². The Bertz CT molecular complexity index is 1370. The lowest BCUT2D eigenvalue weighted by molar-refractivity contribution is -0.137. The Hall–Kier alpha value is -3.95. The number of alkyl halides is 3. The number of carbonyl (C=O) groups is 1. The molecule has 0 atom stereocenters. The number of aromatic amines is 1. The van der Waals surface area contributed by atoms with Crippen molar-refractivity contribution in [1.82, 2.24) is 19.7 Å². The Morgan fingerprint density at radius 1 is 1.16 bits per heavy atom. The van der Waals surface area contributed by atoms with Gasteiger partial charge in [0.05, 0.1) is 11.8 Å². The van der Waals surface area contributed by atoms with Crippen molar-refractivity contribution in [3.63, 3.8) is 0 Å². The Labute approximate surface area is 173 Å². The first-order chi connectivity index (χ1) is 14.6. The molecule has 1 amide bonds. The molecule has 2 aromatic carbocycles. The van der Waals surface area contributed by atoms with Crippen LogP contribution < -0.4 is 10.9 Å². The second-order valence-electron chi connectivity index (χ2n) is 6.99. The second kappa shape index (κ2) is 7.38. The van der Waals surface area contributed by atoms with Crippen LogP contribution in [0.5, 0.6) is 0 Å². The van der Waals surface area contributed by atoms with Gasteiger partial charge in [-0.15, -0.1) is 0 Å². The quantitative estimate of drug-likeness (QED) is 0.519. The number of aromatic nitrogens is 4. The first-order valence-corrected chi connectivity index (χ1v) is 9.15. The number of hydrogen-bond donors (Lipinski definition) is 2. The number of benzene rings is 2. The fraction of sp³-hybridized carbons (Fsp3) is 0.143. The molecule has 31 heavy (non-hydrogen) atoms. The molecule has 7 nitrogen and oxygen atoms in total. The zero-order valence-electron chi connectivity index (χ0n) is 16.4. The van der Waals surface area contributed by atoms with Gasteiger partial charge in [0.1, 0.15) is 11.2 Å². The highest BCUT2D eigenvalue weighted by atomic mass is 19.4. The highest BCUT2D eigenvalue weighted by molar-refractivity contribution is 6.04. The van der Waals surface area contributed by atoms with E-state index in [9.17, 15) is 22.8 Å². The van der Waals surface area contributed by atoms with Gasteiger partial charge in [-0.05, 0) is 42.8 Å². The summed E-state index contributed by atoms with van der Waals surface area (Å²) in [6.45, 7) is 1.79. The van der Waals surface area contributed by atoms with E-state index in [0.29, 0.717) is 22.4 Å². The van der Waals surface area contributed by atoms with E-state index in [4.69, 9.17) is 0 Å². The van der Waals surface area contributed by atoms with E-state index in [1.807, 2.05) is 0 Å². The number of amides is 1. The Morgan fingerprint density at radius 3 is 2.68 bits per heavy atom. The molecule has 0 aliphatic rings. The maximum Gasteiger partial charge on any atom is 0.416 e. The molecule has 158 valence electrons. The predicted octanol–water partition coefficient (Wildman–Crippen LogP) is 3.90. The van der Waals surface area contributed by atoms with Gasteiger partial charge in [0.15, 0.2) is 5.65 Å². The van der Waals surface area contributed by atoms with E-state index < -0.39 is 17.6 Å². The molecule has 0 bridgehead atoms. The highest BCUT2D eigenvalue weighted by Crippen LogP contribution is 2.30. The third-order valence-corrected chi connectivity index (χ3v) is 4.88. The van der Waals surface area contributed by atoms with Gasteiger partial charge in [-0.25, -0.2) is 4.98 Å². The lowest BCUT2D eigenvalue weighted by Crippen LogP contribution is -2.21. The molecular weight excluding hydrogens is 411 g/mol. The lowest BCUT2D eigenvalue weighted by Gasteiger charge is -2.12. The molecule has 2 N–H and O–H groups in total. The number of nitrogens with zero attached hydrogens (tertiary/aromatic N) is 3. The SMILES string of the molecule is Cc1ccc(NC(=O)c2cccc(C(F)(F)F)c2)cc1-c1nc2cn[nH]c2n(C)c1=O. The average Bonchev–Trinajstić information content (AvgIpc) is 3.20. The molecule has 2 heterocycles. The molecule has 0 aliphatic carbocycles. The molecule has 0 fully saturated rings. The van der Waals surface area contributed by atoms with Gasteiger partial charge in [0.25, 0.3) is 11.5 Å². The monoisotopic (exact) mass is 427 g/mol. The Kier molecular flexibility index (Phi) is 4.84. The predicted molar refractivity (Wildman–Crippen MR) is 109 cm³/mol. The van der Waals surface area contributed by atoms with Crippen molar-refractivity contribution in [2.75, 3.05) is 5.32 Å². The van der Waals surface area contributed by atoms with Crippen molar-refractivity contribution in [1.29, 1.82) is 0 Å². The van der Waals surface area contributed by atoms with Crippen LogP contribution in [0, 0.1) is 6.92 Å². The summed E-state index contributed by atoms with van der Waals surface area (Å²) >= 11 is 0. The number of fused-ring (bicyclic) bond motifs is 1. The van der Waals surface area contributed by atoms with Crippen molar-refractivity contribution in [2.24, 2.45) is 7.05 Å². The lowest BCUT2D eigenvalue weighted by atomic mass is 10.0. The maximum atomic E-state index is 12.9. The normalized spacial score (nSPS) is 11.6. The van der Waals surface area contributed by atoms with Crippen molar-refractivity contribution in [3.05, 3.63) is 75.7 Å². The summed E-state index contributed by atoms with van der Waals surface area (Å²) in [5.41, 5.74) is 1.28. The highest BCUT2D eigenvalue weighted by Gasteiger charge is 2.30. The number of rotatable bonds is 3. The summed E-state index contributed by atoms with van der Waals surface area (Å²) in [6.07, 6.45) is -3.06. The molecule has 10 heteroatoms. The molecule has 2 aromatic heterocycles. The molecule has 0 aliphatic heterocycles. The minimum absolute atomic E-state index is 0.134. The van der Waals surface area contributed by atoms with Gasteiger partial charge in [0.2, 0.25) is 0 Å². The molecule has 4 rings (SSSR count). The molecule has 0 radical (unpaired) electrons. The average molecular weight is 427 g/mol. The number of halogens is 3. The van der Waals surface area contributed by atoms with E-state index in [2.05, 4.69) is 20.5 Å². The Balaban J connectivity index is 1.70. The van der Waals surface area contributed by atoms with Crippen LogP contribution in [0.1, 0.15) is 21.5 Å². The van der Waals surface area contributed by atoms with Crippen LogP contribution in [0.4, 0.5) is 18.9 Å². The van der Waals surface area contributed by atoms with E-state index in [-0.39, 0.29) is 16.8 Å².